The first kappa shape index (κ1) is 70.1. The van der Waals surface area contributed by atoms with Gasteiger partial charge >= 0.3 is 5.97 Å². The summed E-state index contributed by atoms with van der Waals surface area (Å²) >= 11 is 0. The average molecular weight is 1210 g/mol. The summed E-state index contributed by atoms with van der Waals surface area (Å²) in [7, 11) is 8.03. The molecule has 18 atom stereocenters. The molecule has 19 heteroatoms. The van der Waals surface area contributed by atoms with Gasteiger partial charge in [-0.25, -0.2) is 0 Å². The smallest absolute Gasteiger partial charge is 0.311 e. The van der Waals surface area contributed by atoms with E-state index in [0.29, 0.717) is 12.8 Å². The monoisotopic (exact) mass is 1210 g/mol. The van der Waals surface area contributed by atoms with E-state index in [9.17, 15) is 35.1 Å². The van der Waals surface area contributed by atoms with E-state index in [2.05, 4.69) is 36.4 Å². The number of carbonyl (C=O) groups excluding carboxylic acids is 2. The summed E-state index contributed by atoms with van der Waals surface area (Å²) in [6.07, 6.45) is -4.70. The van der Waals surface area contributed by atoms with Gasteiger partial charge in [-0.1, -0.05) is 33.6 Å². The topological polar surface area (TPSA) is 225 Å². The SMILES string of the molecule is CC[C@H]1OC(=O)[C@H](C)[C@@H](O[C@H]2C[C@@](C)(OC)[C@@H](O)[C@H](C)O2)[C@H](C)[C@@H](O[C@@H]2O[C@H](C)C[C@H](N(C)C)[C@H]2O)[C@](C)(O)C[C@@H](C)CN(C(=O)CCCCCCC[P+](c2ccc(OC)cc2)(c2ccc(OC)cc2)c2ccc(OC)cc2)[C@H](C)[C@@H](O)[C@]1(C)O. The van der Waals surface area contributed by atoms with E-state index in [1.54, 1.807) is 74.7 Å². The van der Waals surface area contributed by atoms with Crippen LogP contribution in [0.2, 0.25) is 0 Å². The molecule has 0 bridgehead atoms. The number of benzene rings is 3. The molecule has 18 nitrogen and oxygen atoms in total. The number of amides is 1. The lowest BCUT2D eigenvalue weighted by molar-refractivity contribution is -0.318. The summed E-state index contributed by atoms with van der Waals surface area (Å²) in [4.78, 5) is 33.1. The molecule has 3 fully saturated rings. The number of carbonyl (C=O) groups is 2. The molecule has 3 saturated heterocycles. The molecular formula is C66H104N2O16P+. The average Bonchev–Trinajstić information content (AvgIpc) is 1.44. The van der Waals surface area contributed by atoms with Crippen molar-refractivity contribution in [3.63, 3.8) is 0 Å². The normalized spacial score (nSPS) is 34.7. The van der Waals surface area contributed by atoms with Crippen molar-refractivity contribution in [2.75, 3.05) is 55.2 Å². The second-order valence-electron chi connectivity index (χ2n) is 25.4. The lowest BCUT2D eigenvalue weighted by Crippen LogP contribution is -2.60. The molecule has 1 amide bonds. The Hall–Kier alpha value is -4.01. The molecule has 3 aliphatic heterocycles. The van der Waals surface area contributed by atoms with Crippen LogP contribution in [0.25, 0.3) is 0 Å². The Morgan fingerprint density at radius 2 is 1.24 bits per heavy atom. The molecule has 0 spiro atoms. The van der Waals surface area contributed by atoms with Crippen LogP contribution < -0.4 is 30.1 Å². The molecule has 0 saturated carbocycles. The van der Waals surface area contributed by atoms with Crippen molar-refractivity contribution in [2.24, 2.45) is 17.8 Å². The van der Waals surface area contributed by atoms with Gasteiger partial charge in [-0.05, 0) is 180 Å². The maximum atomic E-state index is 14.9. The van der Waals surface area contributed by atoms with Gasteiger partial charge in [-0.3, -0.25) is 9.59 Å². The number of hydrogen-bond acceptors (Lipinski definition) is 17. The Morgan fingerprint density at radius 1 is 0.718 bits per heavy atom. The van der Waals surface area contributed by atoms with Crippen molar-refractivity contribution in [3.8, 4) is 17.2 Å². The first-order chi connectivity index (χ1) is 40.1. The van der Waals surface area contributed by atoms with E-state index in [0.717, 1.165) is 49.1 Å². The van der Waals surface area contributed by atoms with Crippen molar-refractivity contribution in [2.45, 2.75) is 224 Å². The van der Waals surface area contributed by atoms with Gasteiger partial charge in [-0.2, -0.15) is 0 Å². The Bertz CT molecular complexity index is 2420. The number of nitrogens with zero attached hydrogens (tertiary/aromatic N) is 2. The molecule has 3 aromatic rings. The van der Waals surface area contributed by atoms with Gasteiger partial charge < -0.3 is 78.0 Å². The number of esters is 1. The van der Waals surface area contributed by atoms with Gasteiger partial charge in [0.25, 0.3) is 0 Å². The molecule has 478 valence electrons. The van der Waals surface area contributed by atoms with Crippen LogP contribution in [-0.4, -0.2) is 193 Å². The number of aliphatic hydroxyl groups excluding tert-OH is 3. The van der Waals surface area contributed by atoms with Gasteiger partial charge in [0.1, 0.15) is 70.4 Å². The number of unbranched alkanes of at least 4 members (excludes halogenated alkanes) is 4. The van der Waals surface area contributed by atoms with Crippen LogP contribution in [-0.2, 0) is 38.0 Å². The minimum absolute atomic E-state index is 0.0439. The first-order valence-electron chi connectivity index (χ1n) is 30.8. The van der Waals surface area contributed by atoms with Crippen molar-refractivity contribution in [1.29, 1.82) is 0 Å². The zero-order valence-electron chi connectivity index (χ0n) is 53.6. The summed E-state index contributed by atoms with van der Waals surface area (Å²) in [6, 6.07) is 23.9. The molecule has 0 radical (unpaired) electrons. The number of ether oxygens (including phenoxy) is 9. The van der Waals surface area contributed by atoms with Crippen molar-refractivity contribution in [1.82, 2.24) is 9.80 Å². The van der Waals surface area contributed by atoms with Crippen LogP contribution in [0.1, 0.15) is 133 Å². The fraction of sp³-hybridized carbons (Fsp3) is 0.697. The molecule has 3 aliphatic rings. The number of methoxy groups -OCH3 is 4. The van der Waals surface area contributed by atoms with Crippen molar-refractivity contribution < 1.29 is 77.8 Å². The Kier molecular flexibility index (Phi) is 25.1. The molecule has 0 aliphatic carbocycles. The second-order valence-corrected chi connectivity index (χ2v) is 29.0. The standard InChI is InChI=1S/C66H104N2O16P/c1-17-54-66(10,75)59(71)45(6)68(55(69)23-21-19-18-20-22-36-85(50-30-24-47(76-13)25-31-50,51-32-26-48(77-14)27-33-51)52-34-28-49(78-15)29-35-52)40-41(2)38-64(8,74)61(84-63-57(70)53(67(11)12)37-42(3)80-63)43(4)58(44(5)62(73)82-54)83-56-39-65(9,79-16)60(72)46(7)81-56/h24-35,41-46,53-54,56-61,63,70-72,74-75H,17-23,36-40H2,1-16H3/q+1/t41-,42-,43+,44-,45-,46+,53+,54-,56+,57-,58+,59-,60+,61-,63+,64-,65-,66-/m1/s1. The fourth-order valence-electron chi connectivity index (χ4n) is 13.5. The highest BCUT2D eigenvalue weighted by molar-refractivity contribution is 7.95. The quantitative estimate of drug-likeness (QED) is 0.0405. The van der Waals surface area contributed by atoms with E-state index in [1.165, 1.54) is 29.9 Å². The number of aliphatic hydroxyl groups is 5. The van der Waals surface area contributed by atoms with Crippen molar-refractivity contribution in [3.05, 3.63) is 72.8 Å². The van der Waals surface area contributed by atoms with E-state index in [-0.39, 0.29) is 50.3 Å². The largest absolute Gasteiger partial charge is 0.497 e. The molecule has 85 heavy (non-hydrogen) atoms. The molecular weight excluding hydrogens is 1110 g/mol. The minimum Gasteiger partial charge on any atom is -0.497 e. The van der Waals surface area contributed by atoms with Crippen LogP contribution >= 0.6 is 7.26 Å². The fourth-order valence-corrected chi connectivity index (χ4v) is 17.8. The summed E-state index contributed by atoms with van der Waals surface area (Å²) in [5, 5.41) is 64.5. The van der Waals surface area contributed by atoms with Gasteiger partial charge in [0.15, 0.2) is 12.6 Å². The highest BCUT2D eigenvalue weighted by atomic mass is 31.2. The van der Waals surface area contributed by atoms with Crippen LogP contribution in [0, 0.1) is 17.8 Å². The predicted octanol–water partition coefficient (Wildman–Crippen LogP) is 7.16. The number of hydrogen-bond donors (Lipinski definition) is 5. The van der Waals surface area contributed by atoms with E-state index in [1.807, 2.05) is 69.2 Å². The molecule has 3 heterocycles. The molecule has 5 N–H and O–H groups in total. The molecule has 3 aromatic carbocycles. The van der Waals surface area contributed by atoms with Gasteiger partial charge in [0.2, 0.25) is 5.91 Å². The minimum atomic E-state index is -2.23. The third-order valence-corrected chi connectivity index (χ3v) is 23.2. The van der Waals surface area contributed by atoms with Crippen LogP contribution in [0.15, 0.2) is 72.8 Å². The molecule has 6 rings (SSSR count). The first-order valence-corrected chi connectivity index (χ1v) is 32.7. The molecule has 0 unspecified atom stereocenters. The Balaban J connectivity index is 1.27. The zero-order chi connectivity index (χ0) is 62.8. The lowest BCUT2D eigenvalue weighted by atomic mass is 9.77. The van der Waals surface area contributed by atoms with E-state index < -0.39 is 109 Å². The van der Waals surface area contributed by atoms with E-state index in [4.69, 9.17) is 42.6 Å². The Morgan fingerprint density at radius 3 is 1.73 bits per heavy atom. The third kappa shape index (κ3) is 16.4. The predicted molar refractivity (Wildman–Crippen MR) is 331 cm³/mol. The van der Waals surface area contributed by atoms with Gasteiger partial charge in [0, 0.05) is 38.5 Å². The zero-order valence-corrected chi connectivity index (χ0v) is 54.5. The van der Waals surface area contributed by atoms with Crippen molar-refractivity contribution >= 4 is 35.1 Å². The van der Waals surface area contributed by atoms with Crippen LogP contribution in [0.4, 0.5) is 0 Å². The summed E-state index contributed by atoms with van der Waals surface area (Å²) in [6.45, 7) is 17.3. The number of rotatable bonds is 21. The second kappa shape index (κ2) is 30.5. The number of likely N-dealkylation sites (N-methyl/N-ethyl adjacent to an activating group) is 1. The Labute approximate surface area is 507 Å². The van der Waals surface area contributed by atoms with Gasteiger partial charge in [-0.15, -0.1) is 0 Å². The summed E-state index contributed by atoms with van der Waals surface area (Å²) in [5.41, 5.74) is -4.88. The van der Waals surface area contributed by atoms with Gasteiger partial charge in [0.05, 0.1) is 75.1 Å². The number of cyclic esters (lactones) is 1. The van der Waals surface area contributed by atoms with Crippen LogP contribution in [0.3, 0.4) is 0 Å². The third-order valence-electron chi connectivity index (χ3n) is 18.7. The highest BCUT2D eigenvalue weighted by Crippen LogP contribution is 2.57. The maximum absolute atomic E-state index is 14.9. The highest BCUT2D eigenvalue weighted by Gasteiger charge is 2.53. The summed E-state index contributed by atoms with van der Waals surface area (Å²) in [5.74, 6) is -1.07. The summed E-state index contributed by atoms with van der Waals surface area (Å²) < 4.78 is 55.1. The van der Waals surface area contributed by atoms with E-state index >= 15 is 0 Å². The van der Waals surface area contributed by atoms with Crippen LogP contribution in [0.5, 0.6) is 17.2 Å². The lowest BCUT2D eigenvalue weighted by Gasteiger charge is -2.48. The maximum Gasteiger partial charge on any atom is 0.311 e. The molecule has 0 aromatic heterocycles.